The molecule has 1 unspecified atom stereocenters. The Labute approximate surface area is 175 Å². The van der Waals surface area contributed by atoms with Gasteiger partial charge in [-0.05, 0) is 51.0 Å². The molecule has 1 aliphatic heterocycles. The highest BCUT2D eigenvalue weighted by Crippen LogP contribution is 2.30. The van der Waals surface area contributed by atoms with Crippen LogP contribution in [-0.4, -0.2) is 43.9 Å². The van der Waals surface area contributed by atoms with Gasteiger partial charge in [0, 0.05) is 54.0 Å². The Kier molecular flexibility index (Phi) is 4.59. The van der Waals surface area contributed by atoms with E-state index in [1.807, 2.05) is 23.2 Å². The van der Waals surface area contributed by atoms with Gasteiger partial charge in [0.1, 0.15) is 11.3 Å². The van der Waals surface area contributed by atoms with Crippen molar-refractivity contribution in [2.75, 3.05) is 13.1 Å². The van der Waals surface area contributed by atoms with E-state index in [-0.39, 0.29) is 11.9 Å². The molecule has 1 saturated heterocycles. The Hall–Kier alpha value is -3.12. The third-order valence-electron chi connectivity index (χ3n) is 6.23. The maximum atomic E-state index is 13.0. The molecule has 1 aliphatic rings. The molecule has 1 aromatic carbocycles. The molecule has 4 heterocycles. The number of aromatic nitrogens is 3. The summed E-state index contributed by atoms with van der Waals surface area (Å²) in [5.41, 5.74) is 11.9. The van der Waals surface area contributed by atoms with Crippen molar-refractivity contribution in [3.05, 3.63) is 59.9 Å². The fraction of sp³-hybridized carbons (Fsp3) is 0.333. The molecule has 6 nitrogen and oxygen atoms in total. The minimum Gasteiger partial charge on any atom is -0.339 e. The lowest BCUT2D eigenvalue weighted by atomic mass is 10.1. The molecule has 0 aliphatic carbocycles. The lowest BCUT2D eigenvalue weighted by Gasteiger charge is -2.30. The summed E-state index contributed by atoms with van der Waals surface area (Å²) < 4.78 is 4.36. The van der Waals surface area contributed by atoms with Crippen LogP contribution >= 0.6 is 0 Å². The molecule has 0 bridgehead atoms. The summed E-state index contributed by atoms with van der Waals surface area (Å²) >= 11 is 0. The summed E-state index contributed by atoms with van der Waals surface area (Å²) in [6.07, 6.45) is 3.90. The van der Waals surface area contributed by atoms with Crippen molar-refractivity contribution in [2.24, 2.45) is 5.73 Å². The van der Waals surface area contributed by atoms with Crippen LogP contribution in [0.3, 0.4) is 0 Å². The minimum atomic E-state index is 0.0394. The number of nitrogens with two attached hydrogens (primary N) is 1. The van der Waals surface area contributed by atoms with E-state index in [9.17, 15) is 4.79 Å². The van der Waals surface area contributed by atoms with Gasteiger partial charge < -0.3 is 19.6 Å². The number of hydrogen-bond acceptors (Lipinski definition) is 3. The van der Waals surface area contributed by atoms with Gasteiger partial charge in [-0.2, -0.15) is 0 Å². The zero-order chi connectivity index (χ0) is 20.8. The summed E-state index contributed by atoms with van der Waals surface area (Å²) in [6, 6.07) is 14.5. The minimum absolute atomic E-state index is 0.0394. The summed E-state index contributed by atoms with van der Waals surface area (Å²) in [7, 11) is 0. The van der Waals surface area contributed by atoms with Crippen molar-refractivity contribution in [2.45, 2.75) is 39.3 Å². The number of likely N-dealkylation sites (tertiary alicyclic amines) is 1. The average molecular weight is 402 g/mol. The van der Waals surface area contributed by atoms with Gasteiger partial charge in [0.15, 0.2) is 0 Å². The number of fused-ring (bicyclic) bond motifs is 2. The van der Waals surface area contributed by atoms with E-state index in [1.54, 1.807) is 0 Å². The smallest absolute Gasteiger partial charge is 0.254 e. The molecule has 1 amide bonds. The van der Waals surface area contributed by atoms with Crippen molar-refractivity contribution in [3.63, 3.8) is 0 Å². The predicted octanol–water partition coefficient (Wildman–Crippen LogP) is 3.85. The van der Waals surface area contributed by atoms with Crippen LogP contribution < -0.4 is 5.73 Å². The van der Waals surface area contributed by atoms with E-state index in [1.165, 1.54) is 10.9 Å². The van der Waals surface area contributed by atoms with Crippen LogP contribution in [-0.2, 0) is 6.54 Å². The van der Waals surface area contributed by atoms with Crippen molar-refractivity contribution in [1.29, 1.82) is 0 Å². The van der Waals surface area contributed by atoms with Gasteiger partial charge in [-0.3, -0.25) is 4.79 Å². The molecule has 0 spiro atoms. The molecule has 2 N–H and O–H groups in total. The molecule has 0 radical (unpaired) electrons. The Morgan fingerprint density at radius 1 is 1.23 bits per heavy atom. The van der Waals surface area contributed by atoms with E-state index in [0.29, 0.717) is 12.1 Å². The maximum Gasteiger partial charge on any atom is 0.254 e. The lowest BCUT2D eigenvalue weighted by Crippen LogP contribution is -2.45. The van der Waals surface area contributed by atoms with Crippen molar-refractivity contribution >= 4 is 22.5 Å². The molecular formula is C24H27N5O. The van der Waals surface area contributed by atoms with Crippen LogP contribution in [0.4, 0.5) is 0 Å². The number of imidazole rings is 1. The fourth-order valence-corrected chi connectivity index (χ4v) is 4.67. The molecule has 1 fully saturated rings. The monoisotopic (exact) mass is 401 g/mol. The largest absolute Gasteiger partial charge is 0.339 e. The summed E-state index contributed by atoms with van der Waals surface area (Å²) in [5.74, 6) is 0.0394. The van der Waals surface area contributed by atoms with Gasteiger partial charge in [0.05, 0.1) is 5.69 Å². The highest BCUT2D eigenvalue weighted by atomic mass is 16.2. The molecule has 1 atom stereocenters. The maximum absolute atomic E-state index is 13.0. The SMILES string of the molecule is CCn1c(-c2nc3cc(C(=O)N4CCCC(N)C4)ccn3c2C)cc2ccccc21. The Bertz CT molecular complexity index is 1250. The normalized spacial score (nSPS) is 17.2. The molecule has 5 rings (SSSR count). The molecule has 30 heavy (non-hydrogen) atoms. The number of rotatable bonds is 3. The first-order valence-corrected chi connectivity index (χ1v) is 10.7. The van der Waals surface area contributed by atoms with E-state index in [4.69, 9.17) is 10.7 Å². The zero-order valence-electron chi connectivity index (χ0n) is 17.5. The van der Waals surface area contributed by atoms with E-state index < -0.39 is 0 Å². The third-order valence-corrected chi connectivity index (χ3v) is 6.23. The summed E-state index contributed by atoms with van der Waals surface area (Å²) in [6.45, 7) is 6.50. The Balaban J connectivity index is 1.57. The van der Waals surface area contributed by atoms with Crippen molar-refractivity contribution in [1.82, 2.24) is 18.9 Å². The fourth-order valence-electron chi connectivity index (χ4n) is 4.67. The first kappa shape index (κ1) is 18.9. The lowest BCUT2D eigenvalue weighted by molar-refractivity contribution is 0.0709. The van der Waals surface area contributed by atoms with Crippen LogP contribution in [0.25, 0.3) is 27.9 Å². The second kappa shape index (κ2) is 7.29. The molecule has 154 valence electrons. The number of pyridine rings is 1. The van der Waals surface area contributed by atoms with E-state index in [0.717, 1.165) is 48.7 Å². The van der Waals surface area contributed by atoms with E-state index >= 15 is 0 Å². The van der Waals surface area contributed by atoms with Gasteiger partial charge in [0.25, 0.3) is 5.91 Å². The second-order valence-electron chi connectivity index (χ2n) is 8.18. The number of nitrogens with zero attached hydrogens (tertiary/aromatic N) is 4. The Morgan fingerprint density at radius 2 is 2.07 bits per heavy atom. The Morgan fingerprint density at radius 3 is 2.87 bits per heavy atom. The van der Waals surface area contributed by atoms with Crippen LogP contribution in [0.2, 0.25) is 0 Å². The number of carbonyl (C=O) groups is 1. The number of amides is 1. The van der Waals surface area contributed by atoms with Crippen LogP contribution in [0, 0.1) is 6.92 Å². The molecule has 6 heteroatoms. The first-order valence-electron chi connectivity index (χ1n) is 10.7. The number of aryl methyl sites for hydroxylation is 2. The summed E-state index contributed by atoms with van der Waals surface area (Å²) in [4.78, 5) is 19.8. The molecule has 0 saturated carbocycles. The van der Waals surface area contributed by atoms with Crippen molar-refractivity contribution in [3.8, 4) is 11.4 Å². The topological polar surface area (TPSA) is 68.6 Å². The van der Waals surface area contributed by atoms with Crippen LogP contribution in [0.1, 0.15) is 35.8 Å². The predicted molar refractivity (Wildman–Crippen MR) is 120 cm³/mol. The number of benzene rings is 1. The molecule has 3 aromatic heterocycles. The highest BCUT2D eigenvalue weighted by Gasteiger charge is 2.23. The first-order chi connectivity index (χ1) is 14.6. The van der Waals surface area contributed by atoms with E-state index in [2.05, 4.69) is 53.1 Å². The quantitative estimate of drug-likeness (QED) is 0.567. The van der Waals surface area contributed by atoms with Crippen LogP contribution in [0.5, 0.6) is 0 Å². The number of carbonyl (C=O) groups excluding carboxylic acids is 1. The number of piperidine rings is 1. The highest BCUT2D eigenvalue weighted by molar-refractivity contribution is 5.95. The number of hydrogen-bond donors (Lipinski definition) is 1. The standard InChI is InChI=1S/C24H27N5O/c1-3-28-20-9-5-4-7-17(20)13-21(28)23-16(2)29-12-10-18(14-22(29)26-23)24(30)27-11-6-8-19(25)15-27/h4-5,7,9-10,12-14,19H,3,6,8,11,15,25H2,1-2H3. The van der Waals surface area contributed by atoms with Gasteiger partial charge in [-0.1, -0.05) is 18.2 Å². The third kappa shape index (κ3) is 2.99. The van der Waals surface area contributed by atoms with Crippen LogP contribution in [0.15, 0.2) is 48.7 Å². The average Bonchev–Trinajstić information content (AvgIpc) is 3.30. The zero-order valence-corrected chi connectivity index (χ0v) is 17.5. The molecule has 4 aromatic rings. The van der Waals surface area contributed by atoms with Gasteiger partial charge in [-0.25, -0.2) is 4.98 Å². The summed E-state index contributed by atoms with van der Waals surface area (Å²) in [5, 5.41) is 1.21. The second-order valence-corrected chi connectivity index (χ2v) is 8.18. The van der Waals surface area contributed by atoms with Gasteiger partial charge in [0.2, 0.25) is 0 Å². The number of para-hydroxylation sites is 1. The molecular weight excluding hydrogens is 374 g/mol. The van der Waals surface area contributed by atoms with Gasteiger partial charge >= 0.3 is 0 Å². The van der Waals surface area contributed by atoms with Gasteiger partial charge in [-0.15, -0.1) is 0 Å². The van der Waals surface area contributed by atoms with Crippen molar-refractivity contribution < 1.29 is 4.79 Å².